The molecule has 0 fully saturated rings. The second-order valence-electron chi connectivity index (χ2n) is 7.39. The second-order valence-corrected chi connectivity index (χ2v) is 16.9. The van der Waals surface area contributed by atoms with Crippen molar-refractivity contribution in [2.45, 2.75) is 10.7 Å². The molecule has 0 bridgehead atoms. The second kappa shape index (κ2) is 11.8. The fourth-order valence-corrected chi connectivity index (χ4v) is 17.9. The Bertz CT molecular complexity index is 978. The van der Waals surface area contributed by atoms with Gasteiger partial charge in [0.05, 0.1) is 8.47 Å². The predicted octanol–water partition coefficient (Wildman–Crippen LogP) is 8.04. The van der Waals surface area contributed by atoms with E-state index in [2.05, 4.69) is 138 Å². The zero-order valence-corrected chi connectivity index (χ0v) is 22.2. The Balaban J connectivity index is 0.000000499. The molecule has 0 aromatic heterocycles. The van der Waals surface area contributed by atoms with Gasteiger partial charge in [0.1, 0.15) is 23.2 Å². The van der Waals surface area contributed by atoms with E-state index in [0.717, 1.165) is 0 Å². The molecule has 3 aromatic carbocycles. The highest BCUT2D eigenvalue weighted by Crippen LogP contribution is 2.74. The van der Waals surface area contributed by atoms with Crippen LogP contribution in [0.4, 0.5) is 17.3 Å². The fourth-order valence-electron chi connectivity index (χ4n) is 3.84. The van der Waals surface area contributed by atoms with Crippen LogP contribution in [0.25, 0.3) is 0 Å². The van der Waals surface area contributed by atoms with Crippen molar-refractivity contribution in [2.24, 2.45) is 0 Å². The van der Waals surface area contributed by atoms with Gasteiger partial charge in [-0.05, 0) is 54.3 Å². The van der Waals surface area contributed by atoms with E-state index in [1.807, 2.05) is 0 Å². The maximum absolute atomic E-state index is 9.75. The molecule has 0 atom stereocenters. The molecule has 34 heavy (non-hydrogen) atoms. The lowest BCUT2D eigenvalue weighted by molar-refractivity contribution is 0.368. The quantitative estimate of drug-likeness (QED) is 0.181. The third kappa shape index (κ3) is 6.22. The zero-order chi connectivity index (χ0) is 24.0. The Labute approximate surface area is 215 Å². The van der Waals surface area contributed by atoms with Crippen molar-refractivity contribution in [3.63, 3.8) is 0 Å². The van der Waals surface area contributed by atoms with Crippen LogP contribution in [0.2, 0.25) is 0 Å². The number of hydrogen-bond acceptors (Lipinski definition) is 4. The molecule has 0 N–H and O–H groups in total. The van der Waals surface area contributed by atoms with Crippen LogP contribution in [-0.2, 0) is 0 Å². The van der Waals surface area contributed by atoms with Crippen molar-refractivity contribution < 1.29 is 17.3 Å². The third-order valence-electron chi connectivity index (χ3n) is 5.14. The van der Waals surface area contributed by atoms with Crippen molar-refractivity contribution in [3.8, 4) is 0 Å². The monoisotopic (exact) mass is 556 g/mol. The van der Waals surface area contributed by atoms with Crippen LogP contribution in [0.3, 0.4) is 0 Å². The molecular formula is C24H22BF4PS4. The summed E-state index contributed by atoms with van der Waals surface area (Å²) in [5.74, 6) is 2.50. The first-order valence-corrected chi connectivity index (χ1v) is 16.2. The highest BCUT2D eigenvalue weighted by molar-refractivity contribution is 8.43. The van der Waals surface area contributed by atoms with Crippen molar-refractivity contribution in [2.75, 3.05) is 11.5 Å². The highest BCUT2D eigenvalue weighted by atomic mass is 32.3. The van der Waals surface area contributed by atoms with Crippen LogP contribution >= 0.6 is 54.3 Å². The summed E-state index contributed by atoms with van der Waals surface area (Å²) in [5, 5.41) is 4.44. The van der Waals surface area contributed by atoms with Gasteiger partial charge in [0.15, 0.2) is 4.32 Å². The fraction of sp³-hybridized carbons (Fsp3) is 0.167. The molecule has 0 unspecified atom stereocenters. The minimum absolute atomic E-state index is 0.484. The lowest BCUT2D eigenvalue weighted by Gasteiger charge is -2.31. The molecule has 5 rings (SSSR count). The van der Waals surface area contributed by atoms with E-state index < -0.39 is 14.5 Å². The Morgan fingerprint density at radius 1 is 0.588 bits per heavy atom. The molecule has 0 amide bonds. The predicted molar refractivity (Wildman–Crippen MR) is 151 cm³/mol. The van der Waals surface area contributed by atoms with Crippen LogP contribution in [-0.4, -0.2) is 23.1 Å². The first-order chi connectivity index (χ1) is 16.4. The molecule has 0 radical (unpaired) electrons. The summed E-state index contributed by atoms with van der Waals surface area (Å²) < 4.78 is 42.6. The van der Waals surface area contributed by atoms with E-state index in [0.29, 0.717) is 4.32 Å². The molecule has 0 nitrogen and oxygen atoms in total. The average Bonchev–Trinajstić information content (AvgIpc) is 3.11. The largest absolute Gasteiger partial charge is 0.673 e. The maximum atomic E-state index is 9.75. The molecule has 0 spiro atoms. The summed E-state index contributed by atoms with van der Waals surface area (Å²) in [6.45, 7) is 0. The smallest absolute Gasteiger partial charge is 0.418 e. The Morgan fingerprint density at radius 2 is 0.912 bits per heavy atom. The van der Waals surface area contributed by atoms with E-state index in [1.54, 1.807) is 8.47 Å². The number of benzene rings is 3. The van der Waals surface area contributed by atoms with E-state index in [1.165, 1.54) is 33.8 Å². The topological polar surface area (TPSA) is 0 Å². The average molecular weight is 556 g/mol. The lowest BCUT2D eigenvalue weighted by Crippen LogP contribution is -2.35. The van der Waals surface area contributed by atoms with Gasteiger partial charge in [0.2, 0.25) is 0 Å². The van der Waals surface area contributed by atoms with Gasteiger partial charge < -0.3 is 17.3 Å². The molecule has 2 heterocycles. The van der Waals surface area contributed by atoms with Gasteiger partial charge in [-0.3, -0.25) is 0 Å². The summed E-state index contributed by atoms with van der Waals surface area (Å²) in [6.07, 6.45) is 1.31. The molecule has 178 valence electrons. The SMILES string of the molecule is F[B-](F)(F)F.c1ccc([P+](c2ccccc2)(c2ccccc2)C2SC3=C(SCCCS3)S2)cc1. The third-order valence-corrected chi connectivity index (χ3v) is 17.2. The van der Waals surface area contributed by atoms with Gasteiger partial charge in [0, 0.05) is 0 Å². The van der Waals surface area contributed by atoms with Crippen molar-refractivity contribution >= 4 is 77.5 Å². The summed E-state index contributed by atoms with van der Waals surface area (Å²) >= 11 is 8.42. The molecule has 2 aliphatic heterocycles. The van der Waals surface area contributed by atoms with Crippen molar-refractivity contribution in [3.05, 3.63) is 99.5 Å². The summed E-state index contributed by atoms with van der Waals surface area (Å²) in [4.78, 5) is 0. The molecule has 3 aromatic rings. The van der Waals surface area contributed by atoms with Crippen LogP contribution in [0, 0.1) is 0 Å². The van der Waals surface area contributed by atoms with Gasteiger partial charge in [0.25, 0.3) is 0 Å². The van der Waals surface area contributed by atoms with Gasteiger partial charge in [-0.1, -0.05) is 78.1 Å². The van der Waals surface area contributed by atoms with Gasteiger partial charge in [-0.15, -0.1) is 23.5 Å². The minimum Gasteiger partial charge on any atom is -0.418 e. The molecule has 0 aliphatic carbocycles. The Kier molecular flexibility index (Phi) is 9.08. The van der Waals surface area contributed by atoms with E-state index in [9.17, 15) is 17.3 Å². The molecule has 0 saturated heterocycles. The summed E-state index contributed by atoms with van der Waals surface area (Å²) in [7, 11) is -7.83. The van der Waals surface area contributed by atoms with E-state index in [-0.39, 0.29) is 0 Å². The van der Waals surface area contributed by atoms with E-state index in [4.69, 9.17) is 0 Å². The van der Waals surface area contributed by atoms with E-state index >= 15 is 0 Å². The number of halogens is 4. The normalized spacial score (nSPS) is 16.9. The van der Waals surface area contributed by atoms with Crippen molar-refractivity contribution in [1.82, 2.24) is 0 Å². The molecule has 0 saturated carbocycles. The summed E-state index contributed by atoms with van der Waals surface area (Å²) in [5.41, 5.74) is 0. The molecular weight excluding hydrogens is 534 g/mol. The zero-order valence-electron chi connectivity index (χ0n) is 18.0. The Morgan fingerprint density at radius 3 is 1.24 bits per heavy atom. The van der Waals surface area contributed by atoms with Crippen LogP contribution in [0.15, 0.2) is 99.5 Å². The maximum Gasteiger partial charge on any atom is 0.673 e. The minimum atomic E-state index is -6.00. The van der Waals surface area contributed by atoms with Crippen LogP contribution in [0.1, 0.15) is 6.42 Å². The number of rotatable bonds is 4. The van der Waals surface area contributed by atoms with Crippen LogP contribution in [0.5, 0.6) is 0 Å². The van der Waals surface area contributed by atoms with Crippen LogP contribution < -0.4 is 15.9 Å². The highest BCUT2D eigenvalue weighted by Gasteiger charge is 2.56. The van der Waals surface area contributed by atoms with Gasteiger partial charge >= 0.3 is 7.25 Å². The standard InChI is InChI=1S/C24H22PS4.BF4/c1-4-11-19(12-5-1)25(20-13-6-2-7-14-20,21-15-8-3-9-16-21)24-28-22-23(29-24)27-18-10-17-26-22;2-1(3,4)5/h1-9,11-16,24H,10,17-18H2;/q+1;-1. The number of thioether (sulfide) groups is 4. The molecule has 10 heteroatoms. The lowest BCUT2D eigenvalue weighted by atomic mass is 10.3. The first kappa shape index (κ1) is 26.1. The molecule has 2 aliphatic rings. The van der Waals surface area contributed by atoms with Gasteiger partial charge in [-0.2, -0.15) is 0 Å². The van der Waals surface area contributed by atoms with Crippen molar-refractivity contribution in [1.29, 1.82) is 0 Å². The van der Waals surface area contributed by atoms with Gasteiger partial charge in [-0.25, -0.2) is 0 Å². The first-order valence-electron chi connectivity index (χ1n) is 10.6. The Hall–Kier alpha value is -0.985. The summed E-state index contributed by atoms with van der Waals surface area (Å²) in [6, 6.07) is 33.8. The number of hydrogen-bond donors (Lipinski definition) is 0.